The lowest BCUT2D eigenvalue weighted by atomic mass is 10.1. The Morgan fingerprint density at radius 2 is 1.63 bits per heavy atom. The highest BCUT2D eigenvalue weighted by molar-refractivity contribution is 7.90. The van der Waals surface area contributed by atoms with E-state index in [2.05, 4.69) is 15.3 Å². The van der Waals surface area contributed by atoms with E-state index in [1.54, 1.807) is 19.1 Å². The van der Waals surface area contributed by atoms with Crippen LogP contribution in [0.2, 0.25) is 0 Å². The number of nitro benzene ring substituents is 1. The van der Waals surface area contributed by atoms with E-state index in [1.807, 2.05) is 0 Å². The summed E-state index contributed by atoms with van der Waals surface area (Å²) in [5.41, 5.74) is -1.34. The molecule has 0 spiro atoms. The highest BCUT2D eigenvalue weighted by atomic mass is 32.2. The smallest absolute Gasteiger partial charge is 0.294 e. The van der Waals surface area contributed by atoms with Crippen LogP contribution < -0.4 is 5.32 Å². The molecule has 5 aromatic rings. The van der Waals surface area contributed by atoms with Crippen molar-refractivity contribution < 1.29 is 30.5 Å². The average molecular weight is 600 g/mol. The van der Waals surface area contributed by atoms with Gasteiger partial charge in [-0.1, -0.05) is 36.4 Å². The molecule has 41 heavy (non-hydrogen) atoms. The van der Waals surface area contributed by atoms with Crippen molar-refractivity contribution in [2.75, 3.05) is 11.6 Å². The van der Waals surface area contributed by atoms with Gasteiger partial charge in [0, 0.05) is 29.5 Å². The number of benzene rings is 3. The molecule has 2 aromatic heterocycles. The van der Waals surface area contributed by atoms with Gasteiger partial charge in [0.05, 0.1) is 21.7 Å². The molecular formula is C26H19F2N5O6S2. The van der Waals surface area contributed by atoms with Gasteiger partial charge in [-0.25, -0.2) is 39.6 Å². The number of hydrogen-bond donors (Lipinski definition) is 1. The van der Waals surface area contributed by atoms with Gasteiger partial charge in [0.2, 0.25) is 5.95 Å². The lowest BCUT2D eigenvalue weighted by Gasteiger charge is -2.10. The fraction of sp³-hybridized carbons (Fsp3) is 0.0769. The number of hydrogen-bond acceptors (Lipinski definition) is 9. The summed E-state index contributed by atoms with van der Waals surface area (Å²) in [4.78, 5) is 18.3. The number of non-ortho nitro benzene ring substituents is 1. The van der Waals surface area contributed by atoms with Crippen LogP contribution in [0.4, 0.5) is 26.1 Å². The van der Waals surface area contributed by atoms with Gasteiger partial charge >= 0.3 is 0 Å². The van der Waals surface area contributed by atoms with Gasteiger partial charge in [-0.05, 0) is 30.7 Å². The number of fused-ring (bicyclic) bond motifs is 1. The van der Waals surface area contributed by atoms with Crippen LogP contribution in [-0.4, -0.2) is 42.0 Å². The van der Waals surface area contributed by atoms with E-state index in [9.17, 15) is 31.3 Å². The first-order valence-corrected chi connectivity index (χ1v) is 15.0. The summed E-state index contributed by atoms with van der Waals surface area (Å²) in [5, 5.41) is 14.4. The maximum absolute atomic E-state index is 15.2. The number of nitro groups is 1. The van der Waals surface area contributed by atoms with Crippen molar-refractivity contribution in [2.24, 2.45) is 0 Å². The maximum Gasteiger partial charge on any atom is 0.294 e. The van der Waals surface area contributed by atoms with E-state index in [0.717, 1.165) is 30.8 Å². The first-order chi connectivity index (χ1) is 19.3. The Morgan fingerprint density at radius 1 is 0.951 bits per heavy atom. The minimum atomic E-state index is -4.41. The SMILES string of the molecule is Cc1ccccc1S(=O)(=O)n1cc(-c2nc(Nc3cccc(S(C)(=O)=O)c3F)ncc2F)c2cccc([N+](=O)[O-])c21. The Bertz CT molecular complexity index is 2100. The van der Waals surface area contributed by atoms with Crippen LogP contribution in [-0.2, 0) is 19.9 Å². The monoisotopic (exact) mass is 599 g/mol. The van der Waals surface area contributed by atoms with Crippen molar-refractivity contribution >= 4 is 48.1 Å². The van der Waals surface area contributed by atoms with Crippen LogP contribution in [0.25, 0.3) is 22.2 Å². The van der Waals surface area contributed by atoms with Gasteiger partial charge in [-0.2, -0.15) is 0 Å². The molecular weight excluding hydrogens is 580 g/mol. The molecule has 0 fully saturated rings. The molecule has 0 unspecified atom stereocenters. The third kappa shape index (κ3) is 4.89. The van der Waals surface area contributed by atoms with Crippen molar-refractivity contribution in [2.45, 2.75) is 16.7 Å². The van der Waals surface area contributed by atoms with Gasteiger partial charge in [0.1, 0.15) is 16.1 Å². The second-order valence-electron chi connectivity index (χ2n) is 8.94. The second kappa shape index (κ2) is 10.0. The molecule has 1 N–H and O–H groups in total. The Kier molecular flexibility index (Phi) is 6.79. The third-order valence-corrected chi connectivity index (χ3v) is 9.14. The van der Waals surface area contributed by atoms with Gasteiger partial charge < -0.3 is 5.32 Å². The fourth-order valence-corrected chi connectivity index (χ4v) is 6.71. The molecule has 0 bridgehead atoms. The molecule has 0 atom stereocenters. The highest BCUT2D eigenvalue weighted by Gasteiger charge is 2.29. The fourth-order valence-electron chi connectivity index (χ4n) is 4.34. The molecule has 11 nitrogen and oxygen atoms in total. The molecule has 0 saturated heterocycles. The zero-order valence-corrected chi connectivity index (χ0v) is 22.9. The normalized spacial score (nSPS) is 12.0. The molecule has 0 radical (unpaired) electrons. The number of aryl methyl sites for hydroxylation is 1. The Labute approximate surface area is 232 Å². The minimum Gasteiger partial charge on any atom is -0.322 e. The van der Waals surface area contributed by atoms with Crippen LogP contribution >= 0.6 is 0 Å². The number of halogens is 2. The zero-order chi connectivity index (χ0) is 29.7. The molecule has 2 heterocycles. The van der Waals surface area contributed by atoms with E-state index in [1.165, 1.54) is 36.4 Å². The molecule has 0 amide bonds. The van der Waals surface area contributed by atoms with Crippen LogP contribution in [0.15, 0.2) is 82.8 Å². The quantitative estimate of drug-likeness (QED) is 0.202. The molecule has 0 aliphatic carbocycles. The molecule has 210 valence electrons. The van der Waals surface area contributed by atoms with Crippen LogP contribution in [0, 0.1) is 28.7 Å². The third-order valence-electron chi connectivity index (χ3n) is 6.21. The van der Waals surface area contributed by atoms with Crippen molar-refractivity contribution in [1.29, 1.82) is 0 Å². The predicted molar refractivity (Wildman–Crippen MR) is 146 cm³/mol. The maximum atomic E-state index is 15.2. The van der Waals surface area contributed by atoms with E-state index in [-0.39, 0.29) is 33.0 Å². The molecule has 5 rings (SSSR count). The molecule has 0 aliphatic rings. The number of nitrogens with zero attached hydrogens (tertiary/aromatic N) is 4. The summed E-state index contributed by atoms with van der Waals surface area (Å²) in [5.74, 6) is -2.46. The summed E-state index contributed by atoms with van der Waals surface area (Å²) in [6.45, 7) is 1.56. The zero-order valence-electron chi connectivity index (χ0n) is 21.2. The Balaban J connectivity index is 1.73. The number of rotatable bonds is 7. The first-order valence-electron chi connectivity index (χ1n) is 11.7. The number of aromatic nitrogens is 3. The van der Waals surface area contributed by atoms with Gasteiger partial charge in [-0.3, -0.25) is 10.1 Å². The lowest BCUT2D eigenvalue weighted by molar-refractivity contribution is -0.383. The molecule has 0 aliphatic heterocycles. The number of para-hydroxylation sites is 1. The summed E-state index contributed by atoms with van der Waals surface area (Å²) >= 11 is 0. The second-order valence-corrected chi connectivity index (χ2v) is 12.7. The van der Waals surface area contributed by atoms with Crippen LogP contribution in [0.1, 0.15) is 5.56 Å². The molecule has 0 saturated carbocycles. The number of sulfone groups is 1. The Hall–Kier alpha value is -4.76. The van der Waals surface area contributed by atoms with Crippen molar-refractivity contribution in [1.82, 2.24) is 13.9 Å². The minimum absolute atomic E-state index is 0.00478. The van der Waals surface area contributed by atoms with Gasteiger partial charge in [0.15, 0.2) is 21.5 Å². The Morgan fingerprint density at radius 3 is 2.32 bits per heavy atom. The highest BCUT2D eigenvalue weighted by Crippen LogP contribution is 2.38. The summed E-state index contributed by atoms with van der Waals surface area (Å²) in [6.07, 6.45) is 2.61. The van der Waals surface area contributed by atoms with Gasteiger partial charge in [0.25, 0.3) is 15.7 Å². The van der Waals surface area contributed by atoms with E-state index in [0.29, 0.717) is 9.54 Å². The standard InChI is InChI=1S/C26H19F2N5O6S2/c1-15-7-3-4-11-21(15)41(38,39)32-14-17(16-8-5-10-20(25(16)32)33(34)35)24-18(27)13-29-26(31-24)30-19-9-6-12-22(23(19)28)40(2,36)37/h3-14H,1-2H3,(H,29,30,31). The lowest BCUT2D eigenvalue weighted by Crippen LogP contribution is -2.14. The number of nitrogens with one attached hydrogen (secondary N) is 1. The molecule has 15 heteroatoms. The largest absolute Gasteiger partial charge is 0.322 e. The number of anilines is 2. The summed E-state index contributed by atoms with van der Waals surface area (Å²) in [6, 6.07) is 13.4. The average Bonchev–Trinajstić information content (AvgIpc) is 3.31. The van der Waals surface area contributed by atoms with Crippen molar-refractivity contribution in [3.63, 3.8) is 0 Å². The van der Waals surface area contributed by atoms with Crippen molar-refractivity contribution in [3.8, 4) is 11.3 Å². The van der Waals surface area contributed by atoms with E-state index in [4.69, 9.17) is 0 Å². The van der Waals surface area contributed by atoms with E-state index >= 15 is 4.39 Å². The predicted octanol–water partition coefficient (Wildman–Crippen LogP) is 4.98. The summed E-state index contributed by atoms with van der Waals surface area (Å²) < 4.78 is 82.1. The van der Waals surface area contributed by atoms with Crippen LogP contribution in [0.5, 0.6) is 0 Å². The van der Waals surface area contributed by atoms with Crippen molar-refractivity contribution in [3.05, 3.63) is 100 Å². The summed E-state index contributed by atoms with van der Waals surface area (Å²) in [7, 11) is -8.32. The van der Waals surface area contributed by atoms with Gasteiger partial charge in [-0.15, -0.1) is 0 Å². The topological polar surface area (TPSA) is 154 Å². The van der Waals surface area contributed by atoms with E-state index < -0.39 is 52.7 Å². The first kappa shape index (κ1) is 27.8. The molecule has 3 aromatic carbocycles. The van der Waals surface area contributed by atoms with Crippen LogP contribution in [0.3, 0.4) is 0 Å².